The highest BCUT2D eigenvalue weighted by molar-refractivity contribution is 5.13. The molecule has 0 aromatic carbocycles. The third kappa shape index (κ3) is 5.18. The highest BCUT2D eigenvalue weighted by Gasteiger charge is 2.60. The standard InChI is InChI=1S/C21H46N4/c1-18(2,3)21(19(4,5)6,20(7,8)9)25-16-14-23-12-10-22-11-13-24-15-17-25/h22-24H,10-17H2,1-9H3. The normalized spacial score (nSPS) is 21.5. The summed E-state index contributed by atoms with van der Waals surface area (Å²) in [6.45, 7) is 30.4. The van der Waals surface area contributed by atoms with Crippen LogP contribution < -0.4 is 16.0 Å². The van der Waals surface area contributed by atoms with Crippen LogP contribution in [0.5, 0.6) is 0 Å². The number of nitrogens with zero attached hydrogens (tertiary/aromatic N) is 1. The molecule has 0 bridgehead atoms. The molecule has 0 atom stereocenters. The van der Waals surface area contributed by atoms with E-state index in [1.165, 1.54) is 0 Å². The third-order valence-corrected chi connectivity index (χ3v) is 5.80. The Labute approximate surface area is 157 Å². The number of hydrogen-bond acceptors (Lipinski definition) is 4. The van der Waals surface area contributed by atoms with Gasteiger partial charge in [-0.2, -0.15) is 0 Å². The first-order valence-electron chi connectivity index (χ1n) is 10.2. The minimum Gasteiger partial charge on any atom is -0.314 e. The lowest BCUT2D eigenvalue weighted by Gasteiger charge is -2.66. The molecule has 1 heterocycles. The Bertz CT molecular complexity index is 336. The molecule has 0 unspecified atom stereocenters. The van der Waals surface area contributed by atoms with Crippen molar-refractivity contribution in [2.45, 2.75) is 67.9 Å². The van der Waals surface area contributed by atoms with Gasteiger partial charge in [0, 0.05) is 57.9 Å². The SMILES string of the molecule is CC(C)(C)C(N1CCNCCNCCNCC1)(C(C)(C)C)C(C)(C)C. The Morgan fingerprint density at radius 1 is 0.480 bits per heavy atom. The van der Waals surface area contributed by atoms with Gasteiger partial charge in [-0.25, -0.2) is 0 Å². The zero-order valence-corrected chi connectivity index (χ0v) is 18.6. The Hall–Kier alpha value is -0.160. The Balaban J connectivity index is 3.27. The van der Waals surface area contributed by atoms with E-state index in [0.29, 0.717) is 0 Å². The lowest BCUT2D eigenvalue weighted by molar-refractivity contribution is -0.156. The average molecular weight is 355 g/mol. The molecule has 0 spiro atoms. The molecule has 150 valence electrons. The maximum atomic E-state index is 3.64. The van der Waals surface area contributed by atoms with E-state index in [-0.39, 0.29) is 21.8 Å². The van der Waals surface area contributed by atoms with E-state index in [1.54, 1.807) is 0 Å². The maximum absolute atomic E-state index is 3.64. The molecule has 0 aromatic heterocycles. The summed E-state index contributed by atoms with van der Waals surface area (Å²) in [5, 5.41) is 10.7. The molecular formula is C21H46N4. The van der Waals surface area contributed by atoms with Gasteiger partial charge < -0.3 is 16.0 Å². The van der Waals surface area contributed by atoms with Crippen molar-refractivity contribution < 1.29 is 0 Å². The number of nitrogens with one attached hydrogen (secondary N) is 3. The van der Waals surface area contributed by atoms with Crippen LogP contribution in [0.2, 0.25) is 0 Å². The van der Waals surface area contributed by atoms with Gasteiger partial charge in [-0.1, -0.05) is 62.3 Å². The first-order valence-corrected chi connectivity index (χ1v) is 10.2. The van der Waals surface area contributed by atoms with Crippen molar-refractivity contribution in [2.75, 3.05) is 52.4 Å². The Morgan fingerprint density at radius 3 is 1.04 bits per heavy atom. The van der Waals surface area contributed by atoms with Crippen LogP contribution in [-0.2, 0) is 0 Å². The van der Waals surface area contributed by atoms with Crippen molar-refractivity contribution in [1.82, 2.24) is 20.9 Å². The second-order valence-electron chi connectivity index (χ2n) is 10.7. The summed E-state index contributed by atoms with van der Waals surface area (Å²) < 4.78 is 0. The van der Waals surface area contributed by atoms with Gasteiger partial charge in [-0.05, 0) is 16.2 Å². The molecule has 1 aliphatic heterocycles. The average Bonchev–Trinajstić information content (AvgIpc) is 2.37. The number of hydrogen-bond donors (Lipinski definition) is 3. The summed E-state index contributed by atoms with van der Waals surface area (Å²) in [6.07, 6.45) is 0. The zero-order valence-electron chi connectivity index (χ0n) is 18.6. The van der Waals surface area contributed by atoms with Gasteiger partial charge >= 0.3 is 0 Å². The van der Waals surface area contributed by atoms with Gasteiger partial charge in [0.05, 0.1) is 0 Å². The molecule has 0 saturated carbocycles. The van der Waals surface area contributed by atoms with Gasteiger partial charge in [0.15, 0.2) is 0 Å². The molecular weight excluding hydrogens is 308 g/mol. The second kappa shape index (κ2) is 8.69. The van der Waals surface area contributed by atoms with E-state index in [4.69, 9.17) is 0 Å². The molecule has 3 N–H and O–H groups in total. The predicted molar refractivity (Wildman–Crippen MR) is 111 cm³/mol. The molecule has 0 aliphatic carbocycles. The molecule has 0 radical (unpaired) electrons. The van der Waals surface area contributed by atoms with Crippen LogP contribution in [0.3, 0.4) is 0 Å². The molecule has 1 saturated heterocycles. The van der Waals surface area contributed by atoms with Crippen LogP contribution in [0, 0.1) is 16.2 Å². The van der Waals surface area contributed by atoms with Crippen LogP contribution in [-0.4, -0.2) is 62.8 Å². The molecule has 25 heavy (non-hydrogen) atoms. The summed E-state index contributed by atoms with van der Waals surface area (Å²) in [5.74, 6) is 0. The van der Waals surface area contributed by atoms with Gasteiger partial charge in [-0.15, -0.1) is 0 Å². The summed E-state index contributed by atoms with van der Waals surface area (Å²) in [7, 11) is 0. The van der Waals surface area contributed by atoms with Crippen LogP contribution in [0.15, 0.2) is 0 Å². The first kappa shape index (κ1) is 22.9. The predicted octanol–water partition coefficient (Wildman–Crippen LogP) is 2.95. The topological polar surface area (TPSA) is 39.3 Å². The van der Waals surface area contributed by atoms with E-state index in [1.807, 2.05) is 0 Å². The molecule has 1 aliphatic rings. The third-order valence-electron chi connectivity index (χ3n) is 5.80. The molecule has 0 aromatic rings. The van der Waals surface area contributed by atoms with E-state index >= 15 is 0 Å². The molecule has 1 fully saturated rings. The molecule has 4 nitrogen and oxygen atoms in total. The highest BCUT2D eigenvalue weighted by atomic mass is 15.3. The summed E-state index contributed by atoms with van der Waals surface area (Å²) >= 11 is 0. The van der Waals surface area contributed by atoms with Crippen LogP contribution in [0.4, 0.5) is 0 Å². The van der Waals surface area contributed by atoms with E-state index < -0.39 is 0 Å². The van der Waals surface area contributed by atoms with Gasteiger partial charge in [0.2, 0.25) is 0 Å². The van der Waals surface area contributed by atoms with Crippen LogP contribution in [0.25, 0.3) is 0 Å². The molecule has 4 heteroatoms. The fraction of sp³-hybridized carbons (Fsp3) is 1.00. The Kier molecular flexibility index (Phi) is 7.95. The summed E-state index contributed by atoms with van der Waals surface area (Å²) in [6, 6.07) is 0. The summed E-state index contributed by atoms with van der Waals surface area (Å²) in [4.78, 5) is 2.79. The van der Waals surface area contributed by atoms with E-state index in [2.05, 4.69) is 83.2 Å². The maximum Gasteiger partial charge on any atom is 0.0355 e. The zero-order chi connectivity index (χ0) is 19.4. The highest BCUT2D eigenvalue weighted by Crippen LogP contribution is 2.57. The van der Waals surface area contributed by atoms with E-state index in [0.717, 1.165) is 52.4 Å². The van der Waals surface area contributed by atoms with Crippen molar-refractivity contribution in [3.63, 3.8) is 0 Å². The van der Waals surface area contributed by atoms with Gasteiger partial charge in [0.1, 0.15) is 0 Å². The van der Waals surface area contributed by atoms with Crippen molar-refractivity contribution in [1.29, 1.82) is 0 Å². The second-order valence-corrected chi connectivity index (χ2v) is 10.7. The summed E-state index contributed by atoms with van der Waals surface area (Å²) in [5.41, 5.74) is 0.588. The van der Waals surface area contributed by atoms with Crippen molar-refractivity contribution in [2.24, 2.45) is 16.2 Å². The Morgan fingerprint density at radius 2 is 0.760 bits per heavy atom. The number of rotatable bonds is 1. The van der Waals surface area contributed by atoms with E-state index in [9.17, 15) is 0 Å². The molecule has 1 rings (SSSR count). The fourth-order valence-corrected chi connectivity index (χ4v) is 6.40. The minimum absolute atomic E-state index is 0.0821. The first-order chi connectivity index (χ1) is 11.4. The van der Waals surface area contributed by atoms with Crippen molar-refractivity contribution in [3.8, 4) is 0 Å². The van der Waals surface area contributed by atoms with Crippen molar-refractivity contribution >= 4 is 0 Å². The fourth-order valence-electron chi connectivity index (χ4n) is 6.40. The van der Waals surface area contributed by atoms with Gasteiger partial charge in [0.25, 0.3) is 0 Å². The molecule has 0 amide bonds. The quantitative estimate of drug-likeness (QED) is 0.677. The van der Waals surface area contributed by atoms with Gasteiger partial charge in [-0.3, -0.25) is 4.90 Å². The monoisotopic (exact) mass is 354 g/mol. The smallest absolute Gasteiger partial charge is 0.0355 e. The lowest BCUT2D eigenvalue weighted by atomic mass is 9.49. The van der Waals surface area contributed by atoms with Crippen LogP contribution >= 0.6 is 0 Å². The lowest BCUT2D eigenvalue weighted by Crippen LogP contribution is -2.72. The largest absolute Gasteiger partial charge is 0.314 e. The van der Waals surface area contributed by atoms with Crippen LogP contribution in [0.1, 0.15) is 62.3 Å². The minimum atomic E-state index is 0.0821. The van der Waals surface area contributed by atoms with Crippen molar-refractivity contribution in [3.05, 3.63) is 0 Å².